The Bertz CT molecular complexity index is 111. The molecule has 1 aliphatic heterocycles. The molecular weight excluding hydrogens is 86.1 g/mol. The van der Waals surface area contributed by atoms with Crippen LogP contribution in [0.4, 0.5) is 0 Å². The molecule has 0 atom stereocenters. The number of aliphatic imine (C=N–C) groups is 1. The van der Waals surface area contributed by atoms with Crippen molar-refractivity contribution >= 4 is 5.71 Å². The maximum atomic E-state index is 3.99. The van der Waals surface area contributed by atoms with E-state index in [-0.39, 0.29) is 0 Å². The fraction of sp³-hybridized carbons (Fsp3) is 0.500. The summed E-state index contributed by atoms with van der Waals surface area (Å²) in [5.41, 5.74) is 1.25. The van der Waals surface area contributed by atoms with Gasteiger partial charge in [-0.3, -0.25) is 4.99 Å². The van der Waals surface area contributed by atoms with Crippen LogP contribution in [0, 0.1) is 0 Å². The summed E-state index contributed by atoms with van der Waals surface area (Å²) in [6, 6.07) is 0. The van der Waals surface area contributed by atoms with Gasteiger partial charge in [-0.05, 0) is 12.5 Å². The smallest absolute Gasteiger partial charge is 0.0418 e. The highest BCUT2D eigenvalue weighted by molar-refractivity contribution is 5.99. The minimum atomic E-state index is 1.15. The lowest BCUT2D eigenvalue weighted by Gasteiger charge is -2.00. The van der Waals surface area contributed by atoms with Crippen molar-refractivity contribution in [2.45, 2.75) is 19.8 Å². The van der Waals surface area contributed by atoms with Gasteiger partial charge in [0.05, 0.1) is 0 Å². The number of allylic oxidation sites excluding steroid dienone is 1. The monoisotopic (exact) mass is 95.1 g/mol. The lowest BCUT2D eigenvalue weighted by Crippen LogP contribution is -1.96. The van der Waals surface area contributed by atoms with Crippen LogP contribution in [-0.4, -0.2) is 5.71 Å². The molecule has 0 bridgehead atoms. The minimum Gasteiger partial charge on any atom is -0.261 e. The van der Waals surface area contributed by atoms with Gasteiger partial charge in [0.1, 0.15) is 0 Å². The first-order valence-electron chi connectivity index (χ1n) is 2.66. The van der Waals surface area contributed by atoms with Gasteiger partial charge in [-0.1, -0.05) is 13.3 Å². The van der Waals surface area contributed by atoms with Gasteiger partial charge in [-0.15, -0.1) is 0 Å². The quantitative estimate of drug-likeness (QED) is 0.495. The average molecular weight is 95.1 g/mol. The molecule has 1 nitrogen and oxygen atoms in total. The van der Waals surface area contributed by atoms with E-state index in [2.05, 4.69) is 18.0 Å². The second-order valence-electron chi connectivity index (χ2n) is 1.69. The van der Waals surface area contributed by atoms with Gasteiger partial charge in [0.2, 0.25) is 0 Å². The van der Waals surface area contributed by atoms with Crippen molar-refractivity contribution in [3.63, 3.8) is 0 Å². The Morgan fingerprint density at radius 1 is 1.71 bits per heavy atom. The maximum absolute atomic E-state index is 3.99. The molecule has 0 fully saturated rings. The summed E-state index contributed by atoms with van der Waals surface area (Å²) >= 11 is 0. The second kappa shape index (κ2) is 1.92. The van der Waals surface area contributed by atoms with Crippen molar-refractivity contribution < 1.29 is 0 Å². The van der Waals surface area contributed by atoms with Crippen LogP contribution in [0.5, 0.6) is 0 Å². The van der Waals surface area contributed by atoms with Crippen LogP contribution >= 0.6 is 0 Å². The highest BCUT2D eigenvalue weighted by Gasteiger charge is 1.95. The Balaban J connectivity index is 2.17. The number of hydrogen-bond acceptors (Lipinski definition) is 1. The van der Waals surface area contributed by atoms with Crippen LogP contribution in [0.2, 0.25) is 0 Å². The molecule has 7 heavy (non-hydrogen) atoms. The van der Waals surface area contributed by atoms with E-state index < -0.39 is 0 Å². The van der Waals surface area contributed by atoms with E-state index >= 15 is 0 Å². The second-order valence-corrected chi connectivity index (χ2v) is 1.69. The van der Waals surface area contributed by atoms with Gasteiger partial charge in [-0.2, -0.15) is 0 Å². The summed E-state index contributed by atoms with van der Waals surface area (Å²) < 4.78 is 0. The van der Waals surface area contributed by atoms with Crippen LogP contribution < -0.4 is 0 Å². The number of nitrogens with zero attached hydrogens (tertiary/aromatic N) is 1. The molecule has 1 heteroatoms. The summed E-state index contributed by atoms with van der Waals surface area (Å²) in [6.45, 7) is 2.16. The summed E-state index contributed by atoms with van der Waals surface area (Å²) in [5, 5.41) is 0. The molecule has 0 aromatic heterocycles. The SMILES string of the molecule is CCCC1=NC=C1. The van der Waals surface area contributed by atoms with E-state index in [4.69, 9.17) is 0 Å². The van der Waals surface area contributed by atoms with Crippen molar-refractivity contribution in [3.8, 4) is 0 Å². The third kappa shape index (κ3) is 0.889. The summed E-state index contributed by atoms with van der Waals surface area (Å²) in [4.78, 5) is 3.99. The van der Waals surface area contributed by atoms with Crippen LogP contribution in [0.15, 0.2) is 17.3 Å². The molecule has 0 spiro atoms. The first-order chi connectivity index (χ1) is 3.43. The Morgan fingerprint density at radius 3 is 2.57 bits per heavy atom. The predicted molar refractivity (Wildman–Crippen MR) is 31.5 cm³/mol. The molecule has 1 heterocycles. The van der Waals surface area contributed by atoms with Gasteiger partial charge in [-0.25, -0.2) is 0 Å². The number of rotatable bonds is 2. The topological polar surface area (TPSA) is 12.4 Å². The van der Waals surface area contributed by atoms with Crippen LogP contribution in [0.3, 0.4) is 0 Å². The van der Waals surface area contributed by atoms with Crippen molar-refractivity contribution in [3.05, 3.63) is 12.3 Å². The maximum Gasteiger partial charge on any atom is 0.0418 e. The van der Waals surface area contributed by atoms with Gasteiger partial charge in [0.25, 0.3) is 0 Å². The first kappa shape index (κ1) is 4.57. The number of hydrogen-bond donors (Lipinski definition) is 0. The van der Waals surface area contributed by atoms with Crippen molar-refractivity contribution in [1.82, 2.24) is 0 Å². The molecule has 38 valence electrons. The van der Waals surface area contributed by atoms with E-state index in [0.29, 0.717) is 0 Å². The molecule has 0 N–H and O–H groups in total. The van der Waals surface area contributed by atoms with E-state index in [1.807, 2.05) is 6.20 Å². The fourth-order valence-electron chi connectivity index (χ4n) is 0.584. The van der Waals surface area contributed by atoms with Gasteiger partial charge < -0.3 is 0 Å². The van der Waals surface area contributed by atoms with Crippen LogP contribution in [-0.2, 0) is 0 Å². The molecular formula is C6H9N. The Morgan fingerprint density at radius 2 is 2.43 bits per heavy atom. The normalized spacial score (nSPS) is 15.9. The van der Waals surface area contributed by atoms with Gasteiger partial charge in [0.15, 0.2) is 0 Å². The van der Waals surface area contributed by atoms with Gasteiger partial charge >= 0.3 is 0 Å². The van der Waals surface area contributed by atoms with Crippen molar-refractivity contribution in [1.29, 1.82) is 0 Å². The predicted octanol–water partition coefficient (Wildman–Crippen LogP) is 1.75. The van der Waals surface area contributed by atoms with Gasteiger partial charge in [0, 0.05) is 11.9 Å². The van der Waals surface area contributed by atoms with E-state index in [1.165, 1.54) is 12.1 Å². The van der Waals surface area contributed by atoms with E-state index in [1.54, 1.807) is 0 Å². The molecule has 0 unspecified atom stereocenters. The lowest BCUT2D eigenvalue weighted by molar-refractivity contribution is 0.989. The molecule has 0 aromatic carbocycles. The Labute approximate surface area is 43.8 Å². The summed E-state index contributed by atoms with van der Waals surface area (Å²) in [7, 11) is 0. The molecule has 1 rings (SSSR count). The van der Waals surface area contributed by atoms with Crippen LogP contribution in [0.1, 0.15) is 19.8 Å². The van der Waals surface area contributed by atoms with Crippen molar-refractivity contribution in [2.24, 2.45) is 4.99 Å². The van der Waals surface area contributed by atoms with Crippen molar-refractivity contribution in [2.75, 3.05) is 0 Å². The zero-order valence-electron chi connectivity index (χ0n) is 4.52. The third-order valence-corrected chi connectivity index (χ3v) is 1.01. The summed E-state index contributed by atoms with van der Waals surface area (Å²) in [6.07, 6.45) is 6.26. The lowest BCUT2D eigenvalue weighted by atomic mass is 10.2. The zero-order valence-corrected chi connectivity index (χ0v) is 4.52. The fourth-order valence-corrected chi connectivity index (χ4v) is 0.584. The molecule has 1 aliphatic rings. The first-order valence-corrected chi connectivity index (χ1v) is 2.66. The molecule has 0 aliphatic carbocycles. The highest BCUT2D eigenvalue weighted by Crippen LogP contribution is 2.01. The molecule has 0 saturated carbocycles. The van der Waals surface area contributed by atoms with Crippen LogP contribution in [0.25, 0.3) is 0 Å². The van der Waals surface area contributed by atoms with E-state index in [9.17, 15) is 0 Å². The molecule has 0 amide bonds. The van der Waals surface area contributed by atoms with E-state index in [0.717, 1.165) is 6.42 Å². The Kier molecular flexibility index (Phi) is 1.25. The molecule has 0 radical (unpaired) electrons. The Hall–Kier alpha value is -0.590. The average Bonchev–Trinajstić information content (AvgIpc) is 1.55. The standard InChI is InChI=1S/C6H9N/c1-2-3-6-4-5-7-6/h4-5H,2-3H2,1H3. The summed E-state index contributed by atoms with van der Waals surface area (Å²) in [5.74, 6) is 0. The molecule has 0 aromatic rings. The highest BCUT2D eigenvalue weighted by atomic mass is 14.7. The molecule has 0 saturated heterocycles. The zero-order chi connectivity index (χ0) is 5.11. The largest absolute Gasteiger partial charge is 0.261 e. The minimum absolute atomic E-state index is 1.15. The third-order valence-electron chi connectivity index (χ3n) is 1.01.